The zero-order chi connectivity index (χ0) is 10.1. The largest absolute Gasteiger partial charge is 0.376 e. The fourth-order valence-corrected chi connectivity index (χ4v) is 2.47. The van der Waals surface area contributed by atoms with Gasteiger partial charge in [-0.1, -0.05) is 0 Å². The SMILES string of the molecule is C1COC(CNc2nc(C3CC3)ns2)C1. The first kappa shape index (κ1) is 9.54. The predicted octanol–water partition coefficient (Wildman–Crippen LogP) is 2.01. The summed E-state index contributed by atoms with van der Waals surface area (Å²) in [4.78, 5) is 4.47. The van der Waals surface area contributed by atoms with Crippen LogP contribution >= 0.6 is 11.5 Å². The smallest absolute Gasteiger partial charge is 0.202 e. The Hall–Kier alpha value is -0.680. The van der Waals surface area contributed by atoms with Crippen molar-refractivity contribution < 1.29 is 4.74 Å². The second-order valence-electron chi connectivity index (χ2n) is 4.25. The van der Waals surface area contributed by atoms with Gasteiger partial charge in [0.2, 0.25) is 5.13 Å². The van der Waals surface area contributed by atoms with E-state index in [-0.39, 0.29) is 0 Å². The van der Waals surface area contributed by atoms with E-state index in [9.17, 15) is 0 Å². The molecular formula is C10H15N3OS. The Morgan fingerprint density at radius 2 is 2.33 bits per heavy atom. The van der Waals surface area contributed by atoms with Gasteiger partial charge in [0.15, 0.2) is 0 Å². The first-order valence-corrected chi connectivity index (χ1v) is 6.38. The Balaban J connectivity index is 1.52. The highest BCUT2D eigenvalue weighted by atomic mass is 32.1. The van der Waals surface area contributed by atoms with E-state index in [0.717, 1.165) is 24.1 Å². The molecule has 2 heterocycles. The normalized spacial score (nSPS) is 25.7. The molecule has 1 aliphatic heterocycles. The highest BCUT2D eigenvalue weighted by molar-refractivity contribution is 7.09. The molecule has 1 unspecified atom stereocenters. The van der Waals surface area contributed by atoms with Crippen molar-refractivity contribution in [2.24, 2.45) is 0 Å². The maximum absolute atomic E-state index is 5.54. The zero-order valence-electron chi connectivity index (χ0n) is 8.61. The van der Waals surface area contributed by atoms with E-state index >= 15 is 0 Å². The Labute approximate surface area is 93.2 Å². The second kappa shape index (κ2) is 4.06. The fraction of sp³-hybridized carbons (Fsp3) is 0.800. The van der Waals surface area contributed by atoms with Gasteiger partial charge < -0.3 is 10.1 Å². The van der Waals surface area contributed by atoms with Gasteiger partial charge in [-0.05, 0) is 25.7 Å². The van der Waals surface area contributed by atoms with Gasteiger partial charge in [0, 0.05) is 30.6 Å². The molecule has 0 amide bonds. The van der Waals surface area contributed by atoms with Gasteiger partial charge in [-0.25, -0.2) is 4.98 Å². The maximum Gasteiger partial charge on any atom is 0.202 e. The summed E-state index contributed by atoms with van der Waals surface area (Å²) >= 11 is 1.47. The van der Waals surface area contributed by atoms with Crippen LogP contribution in [0.5, 0.6) is 0 Å². The third kappa shape index (κ3) is 2.29. The molecule has 2 fully saturated rings. The van der Waals surface area contributed by atoms with Crippen LogP contribution < -0.4 is 5.32 Å². The van der Waals surface area contributed by atoms with E-state index < -0.39 is 0 Å². The molecule has 2 aliphatic rings. The highest BCUT2D eigenvalue weighted by Gasteiger charge is 2.27. The Bertz CT molecular complexity index is 331. The quantitative estimate of drug-likeness (QED) is 0.851. The lowest BCUT2D eigenvalue weighted by atomic mass is 10.2. The highest BCUT2D eigenvalue weighted by Crippen LogP contribution is 2.39. The molecule has 1 aromatic rings. The van der Waals surface area contributed by atoms with Crippen LogP contribution in [0.3, 0.4) is 0 Å². The van der Waals surface area contributed by atoms with Crippen molar-refractivity contribution in [1.82, 2.24) is 9.36 Å². The molecule has 5 heteroatoms. The van der Waals surface area contributed by atoms with E-state index in [1.165, 1.54) is 37.2 Å². The van der Waals surface area contributed by atoms with Gasteiger partial charge in [0.05, 0.1) is 6.10 Å². The monoisotopic (exact) mass is 225 g/mol. The summed E-state index contributed by atoms with van der Waals surface area (Å²) in [5.74, 6) is 1.69. The van der Waals surface area contributed by atoms with Gasteiger partial charge in [-0.15, -0.1) is 0 Å². The van der Waals surface area contributed by atoms with Crippen molar-refractivity contribution in [2.75, 3.05) is 18.5 Å². The first-order valence-electron chi connectivity index (χ1n) is 5.61. The van der Waals surface area contributed by atoms with Crippen LogP contribution in [0.25, 0.3) is 0 Å². The Morgan fingerprint density at radius 1 is 1.40 bits per heavy atom. The van der Waals surface area contributed by atoms with Crippen LogP contribution in [-0.2, 0) is 4.74 Å². The summed E-state index contributed by atoms with van der Waals surface area (Å²) in [6.07, 6.45) is 5.26. The molecule has 15 heavy (non-hydrogen) atoms. The third-order valence-corrected chi connectivity index (χ3v) is 3.58. The van der Waals surface area contributed by atoms with Crippen molar-refractivity contribution in [1.29, 1.82) is 0 Å². The topological polar surface area (TPSA) is 47.0 Å². The van der Waals surface area contributed by atoms with E-state index in [2.05, 4.69) is 14.7 Å². The molecule has 1 N–H and O–H groups in total. The van der Waals surface area contributed by atoms with Crippen LogP contribution in [0.1, 0.15) is 37.4 Å². The van der Waals surface area contributed by atoms with Crippen molar-refractivity contribution in [3.05, 3.63) is 5.82 Å². The van der Waals surface area contributed by atoms with Gasteiger partial charge in [-0.2, -0.15) is 4.37 Å². The summed E-state index contributed by atoms with van der Waals surface area (Å²) in [7, 11) is 0. The number of ether oxygens (including phenoxy) is 1. The maximum atomic E-state index is 5.54. The number of nitrogens with one attached hydrogen (secondary N) is 1. The molecule has 1 aromatic heterocycles. The van der Waals surface area contributed by atoms with Crippen LogP contribution in [0.15, 0.2) is 0 Å². The number of hydrogen-bond acceptors (Lipinski definition) is 5. The Morgan fingerprint density at radius 3 is 3.07 bits per heavy atom. The van der Waals surface area contributed by atoms with Crippen LogP contribution in [0.2, 0.25) is 0 Å². The zero-order valence-corrected chi connectivity index (χ0v) is 9.42. The molecule has 82 valence electrons. The Kier molecular flexibility index (Phi) is 2.58. The van der Waals surface area contributed by atoms with Gasteiger partial charge >= 0.3 is 0 Å². The lowest BCUT2D eigenvalue weighted by Crippen LogP contribution is -2.18. The van der Waals surface area contributed by atoms with E-state index in [4.69, 9.17) is 4.74 Å². The summed E-state index contributed by atoms with van der Waals surface area (Å²) in [5, 5.41) is 4.26. The van der Waals surface area contributed by atoms with Crippen molar-refractivity contribution in [3.8, 4) is 0 Å². The number of hydrogen-bond donors (Lipinski definition) is 1. The first-order chi connectivity index (χ1) is 7.42. The molecule has 0 bridgehead atoms. The lowest BCUT2D eigenvalue weighted by Gasteiger charge is -2.08. The molecule has 1 aliphatic carbocycles. The van der Waals surface area contributed by atoms with Crippen LogP contribution in [0, 0.1) is 0 Å². The lowest BCUT2D eigenvalue weighted by molar-refractivity contribution is 0.120. The van der Waals surface area contributed by atoms with Crippen LogP contribution in [0.4, 0.5) is 5.13 Å². The number of aromatic nitrogens is 2. The fourth-order valence-electron chi connectivity index (χ4n) is 1.82. The van der Waals surface area contributed by atoms with E-state index in [1.807, 2.05) is 0 Å². The molecule has 0 radical (unpaired) electrons. The average molecular weight is 225 g/mol. The predicted molar refractivity (Wildman–Crippen MR) is 59.3 cm³/mol. The van der Waals surface area contributed by atoms with Crippen molar-refractivity contribution >= 4 is 16.7 Å². The number of anilines is 1. The summed E-state index contributed by atoms with van der Waals surface area (Å²) in [5.41, 5.74) is 0. The second-order valence-corrected chi connectivity index (χ2v) is 5.00. The van der Waals surface area contributed by atoms with Gasteiger partial charge in [0.1, 0.15) is 5.82 Å². The molecule has 1 saturated heterocycles. The molecule has 4 nitrogen and oxygen atoms in total. The molecule has 0 spiro atoms. The third-order valence-electron chi connectivity index (χ3n) is 2.89. The molecular weight excluding hydrogens is 210 g/mol. The van der Waals surface area contributed by atoms with Gasteiger partial charge in [0.25, 0.3) is 0 Å². The molecule has 1 saturated carbocycles. The number of rotatable bonds is 4. The van der Waals surface area contributed by atoms with Crippen molar-refractivity contribution in [3.63, 3.8) is 0 Å². The minimum atomic E-state index is 0.373. The minimum Gasteiger partial charge on any atom is -0.376 e. The van der Waals surface area contributed by atoms with Crippen LogP contribution in [-0.4, -0.2) is 28.6 Å². The molecule has 3 rings (SSSR count). The van der Waals surface area contributed by atoms with Gasteiger partial charge in [-0.3, -0.25) is 0 Å². The van der Waals surface area contributed by atoms with E-state index in [0.29, 0.717) is 12.0 Å². The summed E-state index contributed by atoms with van der Waals surface area (Å²) < 4.78 is 9.89. The molecule has 0 aromatic carbocycles. The standard InChI is InChI=1S/C10H15N3OS/c1-2-8(14-5-1)6-11-10-12-9(13-15-10)7-3-4-7/h7-8H,1-6H2,(H,11,12,13). The molecule has 1 atom stereocenters. The summed E-state index contributed by atoms with van der Waals surface area (Å²) in [6.45, 7) is 1.79. The average Bonchev–Trinajstić information content (AvgIpc) is 2.82. The number of nitrogens with zero attached hydrogens (tertiary/aromatic N) is 2. The minimum absolute atomic E-state index is 0.373. The summed E-state index contributed by atoms with van der Waals surface area (Å²) in [6, 6.07) is 0. The van der Waals surface area contributed by atoms with E-state index in [1.54, 1.807) is 0 Å². The van der Waals surface area contributed by atoms with Crippen molar-refractivity contribution in [2.45, 2.75) is 37.7 Å².